The molecule has 0 bridgehead atoms. The van der Waals surface area contributed by atoms with Crippen LogP contribution in [-0.4, -0.2) is 43.2 Å². The van der Waals surface area contributed by atoms with E-state index in [0.29, 0.717) is 6.42 Å². The lowest BCUT2D eigenvalue weighted by molar-refractivity contribution is -0.143. The van der Waals surface area contributed by atoms with Crippen LogP contribution in [0.2, 0.25) is 0 Å². The van der Waals surface area contributed by atoms with E-state index in [1.165, 1.54) is 0 Å². The number of hydrogen-bond donors (Lipinski definition) is 1. The Morgan fingerprint density at radius 2 is 2.23 bits per heavy atom. The van der Waals surface area contributed by atoms with Crippen molar-refractivity contribution < 1.29 is 18.0 Å². The molecule has 0 aromatic carbocycles. The van der Waals surface area contributed by atoms with Crippen molar-refractivity contribution in [3.8, 4) is 0 Å². The van der Waals surface area contributed by atoms with E-state index >= 15 is 0 Å². The summed E-state index contributed by atoms with van der Waals surface area (Å²) < 4.78 is 35.0. The first-order valence-corrected chi connectivity index (χ1v) is 3.95. The number of carbonyl (C=O) groups is 1. The molecule has 1 amide bonds. The van der Waals surface area contributed by atoms with E-state index in [2.05, 4.69) is 0 Å². The van der Waals surface area contributed by atoms with Gasteiger partial charge in [0.2, 0.25) is 5.91 Å². The molecule has 1 fully saturated rings. The van der Waals surface area contributed by atoms with Crippen molar-refractivity contribution in [1.29, 1.82) is 0 Å². The molecule has 76 valence electrons. The van der Waals surface area contributed by atoms with Gasteiger partial charge in [0, 0.05) is 6.54 Å². The van der Waals surface area contributed by atoms with Crippen LogP contribution >= 0.6 is 0 Å². The molecule has 1 aliphatic rings. The largest absolute Gasteiger partial charge is 0.405 e. The third kappa shape index (κ3) is 2.87. The van der Waals surface area contributed by atoms with Crippen LogP contribution in [0.25, 0.3) is 0 Å². The molecule has 1 heterocycles. The van der Waals surface area contributed by atoms with Gasteiger partial charge < -0.3 is 5.32 Å². The van der Waals surface area contributed by atoms with Gasteiger partial charge in [0.05, 0.1) is 6.04 Å². The Balaban J connectivity index is 2.26. The number of hydrogen-bond acceptors (Lipinski definition) is 2. The van der Waals surface area contributed by atoms with Crippen molar-refractivity contribution in [2.45, 2.75) is 18.6 Å². The molecule has 13 heavy (non-hydrogen) atoms. The molecule has 1 N–H and O–H groups in total. The first kappa shape index (κ1) is 10.3. The molecule has 3 nitrogen and oxygen atoms in total. The highest BCUT2D eigenvalue weighted by molar-refractivity contribution is 5.82. The molecule has 6 heteroatoms. The Hall–Kier alpha value is -0.780. The highest BCUT2D eigenvalue weighted by atomic mass is 19.4. The van der Waals surface area contributed by atoms with Gasteiger partial charge in [-0.25, -0.2) is 0 Å². The summed E-state index contributed by atoms with van der Waals surface area (Å²) in [6.07, 6.45) is -3.68. The summed E-state index contributed by atoms with van der Waals surface area (Å²) in [6.45, 7) is -0.472. The fourth-order valence-electron chi connectivity index (χ4n) is 1.15. The molecular weight excluding hydrogens is 185 g/mol. The summed E-state index contributed by atoms with van der Waals surface area (Å²) in [7, 11) is 1.71. The summed E-state index contributed by atoms with van der Waals surface area (Å²) in [5.74, 6) is -0.536. The minimum absolute atomic E-state index is 0.373. The molecule has 0 aliphatic carbocycles. The zero-order valence-electron chi connectivity index (χ0n) is 7.19. The fourth-order valence-corrected chi connectivity index (χ4v) is 1.15. The van der Waals surface area contributed by atoms with Crippen LogP contribution in [-0.2, 0) is 4.79 Å². The monoisotopic (exact) mass is 196 g/mol. The second-order valence-electron chi connectivity index (χ2n) is 3.12. The van der Waals surface area contributed by atoms with Gasteiger partial charge in [-0.05, 0) is 13.5 Å². The summed E-state index contributed by atoms with van der Waals surface area (Å²) in [6, 6.07) is -0.373. The number of nitrogens with zero attached hydrogens (tertiary/aromatic N) is 1. The molecule has 0 unspecified atom stereocenters. The summed E-state index contributed by atoms with van der Waals surface area (Å²) in [5, 5.41) is 1.85. The van der Waals surface area contributed by atoms with Gasteiger partial charge in [-0.15, -0.1) is 0 Å². The van der Waals surface area contributed by atoms with Gasteiger partial charge >= 0.3 is 6.18 Å². The van der Waals surface area contributed by atoms with Crippen LogP contribution in [0.1, 0.15) is 6.42 Å². The maximum absolute atomic E-state index is 11.7. The summed E-state index contributed by atoms with van der Waals surface area (Å²) >= 11 is 0. The van der Waals surface area contributed by atoms with Crippen molar-refractivity contribution in [2.75, 3.05) is 20.1 Å². The maximum atomic E-state index is 11.7. The number of amides is 1. The lowest BCUT2D eigenvalue weighted by atomic mass is 10.0. The topological polar surface area (TPSA) is 32.3 Å². The lowest BCUT2D eigenvalue weighted by Gasteiger charge is -2.36. The van der Waals surface area contributed by atoms with E-state index in [0.717, 1.165) is 6.54 Å². The number of alkyl halides is 3. The molecule has 1 saturated heterocycles. The Morgan fingerprint density at radius 3 is 2.54 bits per heavy atom. The second kappa shape index (κ2) is 3.53. The normalized spacial score (nSPS) is 23.8. The number of likely N-dealkylation sites (N-methyl/N-ethyl adjacent to an activating group) is 1. The molecule has 0 aromatic heterocycles. The molecule has 1 rings (SSSR count). The minimum Gasteiger partial charge on any atom is -0.346 e. The van der Waals surface area contributed by atoms with Gasteiger partial charge in [-0.1, -0.05) is 0 Å². The molecule has 1 aliphatic heterocycles. The molecule has 0 radical (unpaired) electrons. The van der Waals surface area contributed by atoms with Gasteiger partial charge in [0.15, 0.2) is 0 Å². The van der Waals surface area contributed by atoms with Gasteiger partial charge in [0.1, 0.15) is 6.54 Å². The number of nitrogens with one attached hydrogen (secondary N) is 1. The van der Waals surface area contributed by atoms with E-state index < -0.39 is 18.6 Å². The summed E-state index contributed by atoms with van der Waals surface area (Å²) in [5.41, 5.74) is 0. The zero-order valence-corrected chi connectivity index (χ0v) is 7.19. The number of carbonyl (C=O) groups excluding carboxylic acids is 1. The highest BCUT2D eigenvalue weighted by Crippen LogP contribution is 2.16. The Morgan fingerprint density at radius 1 is 1.62 bits per heavy atom. The molecule has 1 atom stereocenters. The average Bonchev–Trinajstić information content (AvgIpc) is 1.97. The van der Waals surface area contributed by atoms with Crippen molar-refractivity contribution in [2.24, 2.45) is 0 Å². The van der Waals surface area contributed by atoms with Crippen LogP contribution < -0.4 is 5.32 Å². The van der Waals surface area contributed by atoms with E-state index in [1.54, 1.807) is 11.9 Å². The van der Waals surface area contributed by atoms with Crippen LogP contribution in [0.4, 0.5) is 13.2 Å². The first-order chi connectivity index (χ1) is 5.90. The molecule has 0 saturated carbocycles. The zero-order chi connectivity index (χ0) is 10.1. The quantitative estimate of drug-likeness (QED) is 0.692. The Kier molecular flexibility index (Phi) is 2.80. The third-order valence-corrected chi connectivity index (χ3v) is 2.05. The Labute approximate surface area is 73.9 Å². The van der Waals surface area contributed by atoms with Gasteiger partial charge in [-0.2, -0.15) is 13.2 Å². The Bertz CT molecular complexity index is 204. The van der Waals surface area contributed by atoms with Crippen LogP contribution in [0, 0.1) is 0 Å². The van der Waals surface area contributed by atoms with Crippen LogP contribution in [0.3, 0.4) is 0 Å². The van der Waals surface area contributed by atoms with Crippen molar-refractivity contribution in [3.63, 3.8) is 0 Å². The third-order valence-electron chi connectivity index (χ3n) is 2.05. The van der Waals surface area contributed by atoms with Crippen molar-refractivity contribution >= 4 is 5.91 Å². The average molecular weight is 196 g/mol. The fraction of sp³-hybridized carbons (Fsp3) is 0.857. The molecule has 0 aromatic rings. The van der Waals surface area contributed by atoms with Crippen LogP contribution in [0.15, 0.2) is 0 Å². The van der Waals surface area contributed by atoms with E-state index in [4.69, 9.17) is 0 Å². The summed E-state index contributed by atoms with van der Waals surface area (Å²) in [4.78, 5) is 12.7. The standard InChI is InChI=1S/C7H11F3N2O/c1-12-3-2-5(12)6(13)11-4-7(8,9)10/h5H,2-4H2,1H3,(H,11,13)/t5-/m0/s1. The number of rotatable bonds is 2. The highest BCUT2D eigenvalue weighted by Gasteiger charge is 2.34. The number of halogens is 3. The molecule has 0 spiro atoms. The van der Waals surface area contributed by atoms with Crippen LogP contribution in [0.5, 0.6) is 0 Å². The van der Waals surface area contributed by atoms with E-state index in [-0.39, 0.29) is 6.04 Å². The predicted octanol–water partition coefficient (Wildman–Crippen LogP) is 0.369. The SMILES string of the molecule is CN1CC[C@H]1C(=O)NCC(F)(F)F. The smallest absolute Gasteiger partial charge is 0.346 e. The number of likely N-dealkylation sites (tertiary alicyclic amines) is 1. The second-order valence-corrected chi connectivity index (χ2v) is 3.12. The first-order valence-electron chi connectivity index (χ1n) is 3.95. The van der Waals surface area contributed by atoms with E-state index in [1.807, 2.05) is 5.32 Å². The lowest BCUT2D eigenvalue weighted by Crippen LogP contribution is -2.55. The van der Waals surface area contributed by atoms with Gasteiger partial charge in [0.25, 0.3) is 0 Å². The maximum Gasteiger partial charge on any atom is 0.405 e. The van der Waals surface area contributed by atoms with E-state index in [9.17, 15) is 18.0 Å². The molecular formula is C7H11F3N2O. The van der Waals surface area contributed by atoms with Crippen molar-refractivity contribution in [3.05, 3.63) is 0 Å². The minimum atomic E-state index is -4.32. The predicted molar refractivity (Wildman–Crippen MR) is 40.1 cm³/mol. The van der Waals surface area contributed by atoms with Gasteiger partial charge in [-0.3, -0.25) is 9.69 Å². The van der Waals surface area contributed by atoms with Crippen molar-refractivity contribution in [1.82, 2.24) is 10.2 Å².